The van der Waals surface area contributed by atoms with Gasteiger partial charge in [0.25, 0.3) is 0 Å². The van der Waals surface area contributed by atoms with Crippen molar-refractivity contribution < 1.29 is 39.5 Å². The van der Waals surface area contributed by atoms with E-state index in [1.807, 2.05) is 13.8 Å². The van der Waals surface area contributed by atoms with Crippen molar-refractivity contribution in [2.75, 3.05) is 0 Å². The summed E-state index contributed by atoms with van der Waals surface area (Å²) in [6.45, 7) is 7.30. The third-order valence-corrected chi connectivity index (χ3v) is 11.8. The van der Waals surface area contributed by atoms with E-state index in [0.717, 1.165) is 5.57 Å². The molecular formula is C28H38O8. The number of aliphatic hydroxyl groups is 4. The van der Waals surface area contributed by atoms with E-state index in [1.165, 1.54) is 6.08 Å². The molecule has 1 saturated heterocycles. The molecule has 6 aliphatic rings. The van der Waals surface area contributed by atoms with Crippen LogP contribution < -0.4 is 0 Å². The zero-order valence-electron chi connectivity index (χ0n) is 21.4. The summed E-state index contributed by atoms with van der Waals surface area (Å²) in [6, 6.07) is 0. The standard InChI is InChI=1S/C28H38O8/c1-13-10-21(35-23(32)14(13)2)26(4)18-12-17(29)22-15-11-20(31)28(34)8-5-6-19(30)25(28,3)16(15)7-9-27(18,22)24(33)36-26/h5-6,15-18,20-22,24,29,31,33-34H,7-12H2,1-4H3/t15-,16+,17?,18-,20?,21?,22-,24?,25+,26-,27+,28+/m1/s1. The SMILES string of the molecule is CC1=C(C)C(=O)OC([C@]2(C)OC(O)[C@]34CC[C@H]5[C@@H](CC(O)[C@@]6(O)CC=CC(=O)[C@]56C)[C@@H]3C(O)C[C@@H]42)C1. The van der Waals surface area contributed by atoms with Crippen molar-refractivity contribution in [1.29, 1.82) is 0 Å². The minimum absolute atomic E-state index is 0.190. The minimum Gasteiger partial charge on any atom is -0.456 e. The summed E-state index contributed by atoms with van der Waals surface area (Å²) in [7, 11) is 0. The van der Waals surface area contributed by atoms with Crippen LogP contribution in [0, 0.1) is 34.5 Å². The number of allylic oxidation sites excluding steroid dienone is 1. The largest absolute Gasteiger partial charge is 0.456 e. The zero-order valence-corrected chi connectivity index (χ0v) is 21.4. The summed E-state index contributed by atoms with van der Waals surface area (Å²) in [5.74, 6) is -1.76. The Hall–Kier alpha value is -1.58. The molecule has 8 nitrogen and oxygen atoms in total. The zero-order chi connectivity index (χ0) is 26.0. The lowest BCUT2D eigenvalue weighted by atomic mass is 9.42. The smallest absolute Gasteiger partial charge is 0.334 e. The van der Waals surface area contributed by atoms with Crippen molar-refractivity contribution in [2.24, 2.45) is 34.5 Å². The first-order valence-corrected chi connectivity index (χ1v) is 13.3. The van der Waals surface area contributed by atoms with Gasteiger partial charge in [0, 0.05) is 23.3 Å². The van der Waals surface area contributed by atoms with Crippen LogP contribution in [0.2, 0.25) is 0 Å². The fourth-order valence-corrected chi connectivity index (χ4v) is 9.65. The molecule has 0 aromatic heterocycles. The van der Waals surface area contributed by atoms with E-state index in [1.54, 1.807) is 19.9 Å². The first-order valence-electron chi connectivity index (χ1n) is 13.3. The van der Waals surface area contributed by atoms with Crippen LogP contribution in [0.25, 0.3) is 0 Å². The monoisotopic (exact) mass is 502 g/mol. The summed E-state index contributed by atoms with van der Waals surface area (Å²) in [4.78, 5) is 25.8. The van der Waals surface area contributed by atoms with Gasteiger partial charge in [-0.25, -0.2) is 4.79 Å². The van der Waals surface area contributed by atoms with Crippen molar-refractivity contribution in [3.63, 3.8) is 0 Å². The van der Waals surface area contributed by atoms with Gasteiger partial charge in [0.05, 0.1) is 17.6 Å². The number of aliphatic hydroxyl groups excluding tert-OH is 3. The molecule has 0 amide bonds. The maximum Gasteiger partial charge on any atom is 0.334 e. The van der Waals surface area contributed by atoms with Gasteiger partial charge in [-0.05, 0) is 83.6 Å². The highest BCUT2D eigenvalue weighted by molar-refractivity contribution is 5.97. The molecule has 8 heteroatoms. The normalized spacial score (nSPS) is 56.1. The third-order valence-electron chi connectivity index (χ3n) is 11.8. The Morgan fingerprint density at radius 1 is 1.08 bits per heavy atom. The first kappa shape index (κ1) is 24.7. The number of ether oxygens (including phenoxy) is 2. The Morgan fingerprint density at radius 2 is 1.81 bits per heavy atom. The molecule has 4 unspecified atom stereocenters. The average Bonchev–Trinajstić information content (AvgIpc) is 3.24. The van der Waals surface area contributed by atoms with Crippen LogP contribution >= 0.6 is 0 Å². The number of carbonyl (C=O) groups is 2. The van der Waals surface area contributed by atoms with Gasteiger partial charge >= 0.3 is 5.97 Å². The quantitative estimate of drug-likeness (QED) is 0.399. The highest BCUT2D eigenvalue weighted by Gasteiger charge is 2.77. The highest BCUT2D eigenvalue weighted by Crippen LogP contribution is 2.72. The van der Waals surface area contributed by atoms with Crippen LogP contribution in [0.3, 0.4) is 0 Å². The molecule has 0 bridgehead atoms. The first-order chi connectivity index (χ1) is 16.8. The Kier molecular flexibility index (Phi) is 5.16. The molecule has 3 saturated carbocycles. The van der Waals surface area contributed by atoms with Gasteiger partial charge in [-0.15, -0.1) is 0 Å². The molecule has 2 heterocycles. The second kappa shape index (κ2) is 7.50. The number of esters is 1. The lowest BCUT2D eigenvalue weighted by Crippen LogP contribution is -2.70. The van der Waals surface area contributed by atoms with Gasteiger partial charge in [-0.3, -0.25) is 4.79 Å². The van der Waals surface area contributed by atoms with Gasteiger partial charge < -0.3 is 29.9 Å². The van der Waals surface area contributed by atoms with Crippen molar-refractivity contribution in [2.45, 2.75) is 102 Å². The van der Waals surface area contributed by atoms with E-state index < -0.39 is 52.6 Å². The highest BCUT2D eigenvalue weighted by atomic mass is 16.6. The number of rotatable bonds is 1. The van der Waals surface area contributed by atoms with Gasteiger partial charge in [0.1, 0.15) is 17.3 Å². The van der Waals surface area contributed by atoms with E-state index in [2.05, 4.69) is 0 Å². The molecular weight excluding hydrogens is 464 g/mol. The number of hydrogen-bond donors (Lipinski definition) is 4. The van der Waals surface area contributed by atoms with Crippen LogP contribution in [0.4, 0.5) is 0 Å². The molecule has 6 rings (SSSR count). The van der Waals surface area contributed by atoms with Crippen LogP contribution in [-0.2, 0) is 19.1 Å². The van der Waals surface area contributed by atoms with Gasteiger partial charge in [-0.2, -0.15) is 0 Å². The predicted octanol–water partition coefficient (Wildman–Crippen LogP) is 1.79. The summed E-state index contributed by atoms with van der Waals surface area (Å²) < 4.78 is 12.2. The maximum atomic E-state index is 13.3. The fraction of sp³-hybridized carbons (Fsp3) is 0.786. The second-order valence-corrected chi connectivity index (χ2v) is 12.8. The van der Waals surface area contributed by atoms with Crippen LogP contribution in [0.1, 0.15) is 66.2 Å². The Bertz CT molecular complexity index is 1080. The average molecular weight is 503 g/mol. The van der Waals surface area contributed by atoms with Gasteiger partial charge in [0.15, 0.2) is 12.1 Å². The van der Waals surface area contributed by atoms with E-state index in [0.29, 0.717) is 31.3 Å². The number of hydrogen-bond acceptors (Lipinski definition) is 8. The van der Waals surface area contributed by atoms with Gasteiger partial charge in [0.2, 0.25) is 0 Å². The van der Waals surface area contributed by atoms with Crippen molar-refractivity contribution in [3.8, 4) is 0 Å². The van der Waals surface area contributed by atoms with Crippen LogP contribution in [0.15, 0.2) is 23.3 Å². The lowest BCUT2D eigenvalue weighted by molar-refractivity contribution is -0.254. The van der Waals surface area contributed by atoms with E-state index in [4.69, 9.17) is 9.47 Å². The number of fused-ring (bicyclic) bond motifs is 4. The number of cyclic esters (lactones) is 1. The molecule has 12 atom stereocenters. The Morgan fingerprint density at radius 3 is 2.50 bits per heavy atom. The minimum atomic E-state index is -1.55. The van der Waals surface area contributed by atoms with E-state index >= 15 is 0 Å². The Labute approximate surface area is 211 Å². The molecule has 4 fully saturated rings. The number of carbonyl (C=O) groups excluding carboxylic acids is 2. The predicted molar refractivity (Wildman–Crippen MR) is 127 cm³/mol. The summed E-state index contributed by atoms with van der Waals surface area (Å²) in [5, 5.41) is 45.9. The molecule has 0 aromatic rings. The summed E-state index contributed by atoms with van der Waals surface area (Å²) in [6.07, 6.45) is 1.93. The topological polar surface area (TPSA) is 134 Å². The molecule has 0 radical (unpaired) electrons. The van der Waals surface area contributed by atoms with Crippen LogP contribution in [-0.4, -0.2) is 68.0 Å². The maximum absolute atomic E-state index is 13.3. The Balaban J connectivity index is 1.40. The molecule has 198 valence electrons. The van der Waals surface area contributed by atoms with E-state index in [-0.39, 0.29) is 42.3 Å². The second-order valence-electron chi connectivity index (χ2n) is 12.8. The van der Waals surface area contributed by atoms with Crippen molar-refractivity contribution in [3.05, 3.63) is 23.3 Å². The summed E-state index contributed by atoms with van der Waals surface area (Å²) in [5.41, 5.74) is -2.97. The fourth-order valence-electron chi connectivity index (χ4n) is 9.65. The molecule has 0 aromatic carbocycles. The van der Waals surface area contributed by atoms with Gasteiger partial charge in [-0.1, -0.05) is 11.6 Å². The summed E-state index contributed by atoms with van der Waals surface area (Å²) >= 11 is 0. The lowest BCUT2D eigenvalue weighted by Gasteiger charge is -2.63. The molecule has 1 spiro atoms. The van der Waals surface area contributed by atoms with Crippen molar-refractivity contribution >= 4 is 11.8 Å². The van der Waals surface area contributed by atoms with E-state index in [9.17, 15) is 30.0 Å². The molecule has 4 aliphatic carbocycles. The molecule has 4 N–H and O–H groups in total. The number of ketones is 1. The molecule has 36 heavy (non-hydrogen) atoms. The third kappa shape index (κ3) is 2.67. The molecule has 2 aliphatic heterocycles. The van der Waals surface area contributed by atoms with Crippen LogP contribution in [0.5, 0.6) is 0 Å². The van der Waals surface area contributed by atoms with Crippen molar-refractivity contribution in [1.82, 2.24) is 0 Å².